The van der Waals surface area contributed by atoms with Gasteiger partial charge in [0.25, 0.3) is 0 Å². The number of hydrogen-bond acceptors (Lipinski definition) is 6. The molecule has 0 unspecified atom stereocenters. The summed E-state index contributed by atoms with van der Waals surface area (Å²) >= 11 is 0. The zero-order valence-corrected chi connectivity index (χ0v) is 31.5. The Kier molecular flexibility index (Phi) is 30.0. The summed E-state index contributed by atoms with van der Waals surface area (Å²) in [6.07, 6.45) is 26.4. The zero-order chi connectivity index (χ0) is 30.0. The minimum absolute atomic E-state index is 0. The predicted molar refractivity (Wildman–Crippen MR) is 169 cm³/mol. The first-order valence-electron chi connectivity index (χ1n) is 15.1. The van der Waals surface area contributed by atoms with Crippen molar-refractivity contribution in [3.05, 3.63) is 60.7 Å². The molecule has 230 valence electrons. The van der Waals surface area contributed by atoms with Crippen LogP contribution < -0.4 is 0 Å². The fourth-order valence-electron chi connectivity index (χ4n) is 4.15. The number of hydrogen-bond donors (Lipinski definition) is 0. The molecule has 0 aromatic heterocycles. The average molecular weight is 734 g/mol. The first kappa shape index (κ1) is 43.0. The molecule has 0 saturated heterocycles. The average Bonchev–Trinajstić information content (AvgIpc) is 2.94. The van der Waals surface area contributed by atoms with Crippen LogP contribution in [0.1, 0.15) is 129 Å². The summed E-state index contributed by atoms with van der Waals surface area (Å²) < 4.78 is 61.7. The Morgan fingerprint density at radius 1 is 0.415 bits per heavy atom. The van der Waals surface area contributed by atoms with E-state index in [0.29, 0.717) is 0 Å². The van der Waals surface area contributed by atoms with Gasteiger partial charge in [-0.25, -0.2) is 16.8 Å². The van der Waals surface area contributed by atoms with E-state index in [2.05, 4.69) is 13.8 Å². The number of benzene rings is 2. The third-order valence-corrected chi connectivity index (χ3v) is 8.22. The molecule has 0 aliphatic rings. The maximum atomic E-state index is 10.3. The molecule has 0 bridgehead atoms. The molecule has 41 heavy (non-hydrogen) atoms. The molecule has 2 aromatic carbocycles. The fraction of sp³-hybridized carbons (Fsp3) is 0.625. The van der Waals surface area contributed by atoms with Crippen LogP contribution in [0.25, 0.3) is 0 Å². The zero-order valence-electron chi connectivity index (χ0n) is 25.5. The van der Waals surface area contributed by atoms with Crippen molar-refractivity contribution in [3.8, 4) is 0 Å². The molecule has 0 atom stereocenters. The quantitative estimate of drug-likeness (QED) is 0.0810. The first-order chi connectivity index (χ1) is 19.1. The molecular weight excluding hydrogens is 682 g/mol. The van der Waals surface area contributed by atoms with Gasteiger partial charge in [-0.2, -0.15) is 0 Å². The molecule has 0 fully saturated rings. The summed E-state index contributed by atoms with van der Waals surface area (Å²) in [5, 5.41) is 0. The standard InChI is InChI=1S/C20H42.2C6H6O3S.Ba/c1-3-5-7-9-11-13-15-17-19-20-18-16-14-12-10-8-6-4-2;2*7-10(8,9)6-4-2-1-3-5-6;/h3-20H2,1-2H3;2*1-5H,(H,7,8,9);/q;;;+2/p-2. The molecule has 0 saturated carbocycles. The number of unbranched alkanes of at least 4 members (excludes halogenated alkanes) is 17. The van der Waals surface area contributed by atoms with E-state index < -0.39 is 20.2 Å². The van der Waals surface area contributed by atoms with Gasteiger partial charge >= 0.3 is 48.9 Å². The van der Waals surface area contributed by atoms with Gasteiger partial charge in [0.2, 0.25) is 0 Å². The van der Waals surface area contributed by atoms with Crippen molar-refractivity contribution in [2.24, 2.45) is 0 Å². The summed E-state index contributed by atoms with van der Waals surface area (Å²) in [5.74, 6) is 0. The van der Waals surface area contributed by atoms with Crippen molar-refractivity contribution < 1.29 is 25.9 Å². The Balaban J connectivity index is 0. The van der Waals surface area contributed by atoms with E-state index in [1.807, 2.05) is 0 Å². The SMILES string of the molecule is CCCCCCCCCCCCCCCCCCCC.O=S(=O)([O-])c1ccccc1.O=S(=O)([O-])c1ccccc1.[Ba+2]. The first-order valence-corrected chi connectivity index (χ1v) is 18.0. The Bertz CT molecular complexity index is 945. The van der Waals surface area contributed by atoms with E-state index >= 15 is 0 Å². The maximum absolute atomic E-state index is 10.3. The minimum Gasteiger partial charge on any atom is -0.744 e. The van der Waals surface area contributed by atoms with E-state index in [1.54, 1.807) is 12.1 Å². The smallest absolute Gasteiger partial charge is 0.744 e. The van der Waals surface area contributed by atoms with Crippen molar-refractivity contribution in [1.82, 2.24) is 0 Å². The fourth-order valence-corrected chi connectivity index (χ4v) is 5.13. The Hall–Kier alpha value is -0.169. The van der Waals surface area contributed by atoms with Crippen LogP contribution >= 0.6 is 0 Å². The van der Waals surface area contributed by atoms with E-state index in [0.717, 1.165) is 0 Å². The Morgan fingerprint density at radius 2 is 0.610 bits per heavy atom. The minimum atomic E-state index is -4.25. The molecular formula is C32H52BaO6S2. The van der Waals surface area contributed by atoms with Gasteiger partial charge in [-0.1, -0.05) is 166 Å². The summed E-state index contributed by atoms with van der Waals surface area (Å²) in [4.78, 5) is -0.370. The van der Waals surface area contributed by atoms with Crippen molar-refractivity contribution in [2.45, 2.75) is 139 Å². The van der Waals surface area contributed by atoms with Crippen LogP contribution in [0.3, 0.4) is 0 Å². The van der Waals surface area contributed by atoms with Gasteiger partial charge in [-0.15, -0.1) is 0 Å². The van der Waals surface area contributed by atoms with Gasteiger partial charge in [0.15, 0.2) is 0 Å². The Labute approximate surface area is 292 Å². The molecule has 0 radical (unpaired) electrons. The Morgan fingerprint density at radius 3 is 0.756 bits per heavy atom. The monoisotopic (exact) mass is 734 g/mol. The molecule has 2 aromatic rings. The predicted octanol–water partition coefficient (Wildman–Crippen LogP) is 8.85. The van der Waals surface area contributed by atoms with Crippen LogP contribution in [0.5, 0.6) is 0 Å². The van der Waals surface area contributed by atoms with Crippen LogP contribution in [0.15, 0.2) is 70.5 Å². The van der Waals surface area contributed by atoms with Crippen LogP contribution in [-0.2, 0) is 20.2 Å². The van der Waals surface area contributed by atoms with Gasteiger partial charge in [0.05, 0.1) is 9.79 Å². The number of rotatable bonds is 19. The van der Waals surface area contributed by atoms with E-state index in [1.165, 1.54) is 164 Å². The third kappa shape index (κ3) is 28.4. The summed E-state index contributed by atoms with van der Waals surface area (Å²) in [7, 11) is -8.51. The molecule has 0 aliphatic heterocycles. The van der Waals surface area contributed by atoms with Crippen LogP contribution in [-0.4, -0.2) is 74.8 Å². The summed E-state index contributed by atoms with van der Waals surface area (Å²) in [5.41, 5.74) is 0. The van der Waals surface area contributed by atoms with E-state index in [9.17, 15) is 25.9 Å². The van der Waals surface area contributed by atoms with Gasteiger partial charge in [-0.05, 0) is 24.3 Å². The molecule has 0 spiro atoms. The maximum Gasteiger partial charge on any atom is 2.00 e. The molecule has 6 nitrogen and oxygen atoms in total. The second-order valence-electron chi connectivity index (χ2n) is 10.2. The van der Waals surface area contributed by atoms with Gasteiger partial charge in [0, 0.05) is 0 Å². The second kappa shape index (κ2) is 28.6. The van der Waals surface area contributed by atoms with E-state index in [4.69, 9.17) is 0 Å². The molecule has 0 heterocycles. The molecule has 0 N–H and O–H groups in total. The largest absolute Gasteiger partial charge is 2.00 e. The van der Waals surface area contributed by atoms with E-state index in [-0.39, 0.29) is 58.7 Å². The van der Waals surface area contributed by atoms with Crippen LogP contribution in [0.4, 0.5) is 0 Å². The second-order valence-corrected chi connectivity index (χ2v) is 13.0. The van der Waals surface area contributed by atoms with Crippen molar-refractivity contribution in [2.75, 3.05) is 0 Å². The molecule has 0 amide bonds. The topological polar surface area (TPSA) is 114 Å². The molecule has 0 aliphatic carbocycles. The van der Waals surface area contributed by atoms with Crippen molar-refractivity contribution in [3.63, 3.8) is 0 Å². The van der Waals surface area contributed by atoms with Crippen LogP contribution in [0, 0.1) is 0 Å². The third-order valence-electron chi connectivity index (χ3n) is 6.52. The van der Waals surface area contributed by atoms with Gasteiger partial charge < -0.3 is 9.11 Å². The molecule has 2 rings (SSSR count). The van der Waals surface area contributed by atoms with Gasteiger partial charge in [-0.3, -0.25) is 0 Å². The summed E-state index contributed by atoms with van der Waals surface area (Å²) in [6.45, 7) is 4.59. The summed E-state index contributed by atoms with van der Waals surface area (Å²) in [6, 6.07) is 14.4. The van der Waals surface area contributed by atoms with Crippen LogP contribution in [0.2, 0.25) is 0 Å². The molecule has 9 heteroatoms. The van der Waals surface area contributed by atoms with Crippen molar-refractivity contribution in [1.29, 1.82) is 0 Å². The van der Waals surface area contributed by atoms with Gasteiger partial charge in [0.1, 0.15) is 20.2 Å². The van der Waals surface area contributed by atoms with Crippen molar-refractivity contribution >= 4 is 69.1 Å². The normalized spacial score (nSPS) is 10.9.